The summed E-state index contributed by atoms with van der Waals surface area (Å²) in [5.74, 6) is 0. The first-order chi connectivity index (χ1) is 6.41. The number of hydrogen-bond acceptors (Lipinski definition) is 5. The van der Waals surface area contributed by atoms with Gasteiger partial charge in [0.2, 0.25) is 0 Å². The fraction of sp³-hybridized carbons (Fsp3) is 0.750. The van der Waals surface area contributed by atoms with Crippen molar-refractivity contribution < 1.29 is 23.8 Å². The molecule has 0 aliphatic rings. The highest BCUT2D eigenvalue weighted by molar-refractivity contribution is 5.50. The van der Waals surface area contributed by atoms with Gasteiger partial charge in [-0.1, -0.05) is 0 Å². The van der Waals surface area contributed by atoms with E-state index in [0.29, 0.717) is 39.0 Å². The standard InChI is InChI=1S/C8H14O5/c9-1-3-11-5-7-13-8-6-12-4-2-10/h1-2H,3-8H2. The second-order valence-electron chi connectivity index (χ2n) is 2.10. The first kappa shape index (κ1) is 12.2. The Hall–Kier alpha value is -0.780. The molecule has 0 spiro atoms. The number of aldehydes is 2. The van der Waals surface area contributed by atoms with Crippen LogP contribution in [0.25, 0.3) is 0 Å². The molecule has 0 saturated heterocycles. The van der Waals surface area contributed by atoms with Crippen molar-refractivity contribution in [3.63, 3.8) is 0 Å². The van der Waals surface area contributed by atoms with Crippen LogP contribution in [-0.2, 0) is 23.8 Å². The maximum Gasteiger partial charge on any atom is 0.145 e. The quantitative estimate of drug-likeness (QED) is 0.341. The van der Waals surface area contributed by atoms with Crippen LogP contribution in [0.4, 0.5) is 0 Å². The molecule has 5 nitrogen and oxygen atoms in total. The van der Waals surface area contributed by atoms with Crippen LogP contribution in [0.2, 0.25) is 0 Å². The molecule has 0 aromatic rings. The normalized spacial score (nSPS) is 9.85. The average Bonchev–Trinajstić information content (AvgIpc) is 2.16. The van der Waals surface area contributed by atoms with Crippen LogP contribution < -0.4 is 0 Å². The summed E-state index contributed by atoms with van der Waals surface area (Å²) in [6, 6.07) is 0. The molecule has 0 fully saturated rings. The predicted molar refractivity (Wildman–Crippen MR) is 44.6 cm³/mol. The molecule has 5 heteroatoms. The summed E-state index contributed by atoms with van der Waals surface area (Å²) >= 11 is 0. The molecule has 0 aliphatic carbocycles. The summed E-state index contributed by atoms with van der Waals surface area (Å²) in [4.78, 5) is 19.6. The molecule has 0 aromatic heterocycles. The zero-order chi connectivity index (χ0) is 9.78. The van der Waals surface area contributed by atoms with Gasteiger partial charge in [-0.05, 0) is 0 Å². The van der Waals surface area contributed by atoms with Crippen molar-refractivity contribution in [3.05, 3.63) is 0 Å². The largest absolute Gasteiger partial charge is 0.377 e. The highest BCUT2D eigenvalue weighted by atomic mass is 16.5. The summed E-state index contributed by atoms with van der Waals surface area (Å²) < 4.78 is 14.7. The van der Waals surface area contributed by atoms with Gasteiger partial charge in [0.15, 0.2) is 0 Å². The third-order valence-corrected chi connectivity index (χ3v) is 1.12. The molecule has 0 saturated carbocycles. The van der Waals surface area contributed by atoms with Crippen molar-refractivity contribution in [1.82, 2.24) is 0 Å². The molecule has 0 rings (SSSR count). The van der Waals surface area contributed by atoms with Gasteiger partial charge in [0, 0.05) is 0 Å². The topological polar surface area (TPSA) is 61.8 Å². The van der Waals surface area contributed by atoms with Crippen LogP contribution in [0.5, 0.6) is 0 Å². The molecule has 0 unspecified atom stereocenters. The van der Waals surface area contributed by atoms with E-state index in [4.69, 9.17) is 14.2 Å². The molecule has 0 aliphatic heterocycles. The van der Waals surface area contributed by atoms with Crippen molar-refractivity contribution in [2.75, 3.05) is 39.6 Å². The van der Waals surface area contributed by atoms with E-state index < -0.39 is 0 Å². The van der Waals surface area contributed by atoms with E-state index in [1.54, 1.807) is 0 Å². The van der Waals surface area contributed by atoms with Gasteiger partial charge in [-0.25, -0.2) is 0 Å². The summed E-state index contributed by atoms with van der Waals surface area (Å²) in [6.45, 7) is 1.85. The third-order valence-electron chi connectivity index (χ3n) is 1.12. The van der Waals surface area contributed by atoms with E-state index in [1.807, 2.05) is 0 Å². The van der Waals surface area contributed by atoms with Crippen molar-refractivity contribution in [3.8, 4) is 0 Å². The number of ether oxygens (including phenoxy) is 3. The molecule has 0 atom stereocenters. The maximum atomic E-state index is 9.79. The first-order valence-corrected chi connectivity index (χ1v) is 4.02. The Morgan fingerprint density at radius 1 is 0.692 bits per heavy atom. The van der Waals surface area contributed by atoms with Gasteiger partial charge in [-0.15, -0.1) is 0 Å². The lowest BCUT2D eigenvalue weighted by molar-refractivity contribution is -0.112. The Labute approximate surface area is 77.0 Å². The minimum atomic E-state index is 0.102. The van der Waals surface area contributed by atoms with Gasteiger partial charge < -0.3 is 23.8 Å². The van der Waals surface area contributed by atoms with Crippen LogP contribution >= 0.6 is 0 Å². The van der Waals surface area contributed by atoms with Gasteiger partial charge in [0.05, 0.1) is 26.4 Å². The molecule has 0 heterocycles. The summed E-state index contributed by atoms with van der Waals surface area (Å²) in [5, 5.41) is 0. The molecular weight excluding hydrogens is 176 g/mol. The third kappa shape index (κ3) is 11.2. The Kier molecular flexibility index (Phi) is 10.5. The van der Waals surface area contributed by atoms with E-state index >= 15 is 0 Å². The Balaban J connectivity index is 2.83. The second kappa shape index (κ2) is 11.2. The molecule has 0 bridgehead atoms. The SMILES string of the molecule is O=CCOCCOCCOCC=O. The molecule has 76 valence electrons. The van der Waals surface area contributed by atoms with Crippen molar-refractivity contribution in [2.45, 2.75) is 0 Å². The van der Waals surface area contributed by atoms with Gasteiger partial charge in [0.25, 0.3) is 0 Å². The van der Waals surface area contributed by atoms with Gasteiger partial charge in [0.1, 0.15) is 25.8 Å². The van der Waals surface area contributed by atoms with Gasteiger partial charge in [-0.2, -0.15) is 0 Å². The lowest BCUT2D eigenvalue weighted by Gasteiger charge is -2.03. The maximum absolute atomic E-state index is 9.79. The average molecular weight is 190 g/mol. The van der Waals surface area contributed by atoms with Gasteiger partial charge >= 0.3 is 0 Å². The monoisotopic (exact) mass is 190 g/mol. The van der Waals surface area contributed by atoms with Crippen LogP contribution in [0, 0.1) is 0 Å². The number of rotatable bonds is 10. The van der Waals surface area contributed by atoms with Crippen LogP contribution in [0.15, 0.2) is 0 Å². The molecular formula is C8H14O5. The van der Waals surface area contributed by atoms with Crippen LogP contribution in [-0.4, -0.2) is 52.2 Å². The van der Waals surface area contributed by atoms with Crippen molar-refractivity contribution in [1.29, 1.82) is 0 Å². The van der Waals surface area contributed by atoms with Crippen LogP contribution in [0.1, 0.15) is 0 Å². The number of carbonyl (C=O) groups excluding carboxylic acids is 2. The van der Waals surface area contributed by atoms with Crippen molar-refractivity contribution in [2.24, 2.45) is 0 Å². The molecule has 0 aromatic carbocycles. The molecule has 0 N–H and O–H groups in total. The van der Waals surface area contributed by atoms with Crippen LogP contribution in [0.3, 0.4) is 0 Å². The molecule has 0 amide bonds. The zero-order valence-electron chi connectivity index (χ0n) is 7.44. The lowest BCUT2D eigenvalue weighted by atomic mass is 10.7. The Bertz CT molecular complexity index is 112. The van der Waals surface area contributed by atoms with E-state index in [2.05, 4.69) is 0 Å². The van der Waals surface area contributed by atoms with E-state index in [9.17, 15) is 9.59 Å². The zero-order valence-corrected chi connectivity index (χ0v) is 7.44. The fourth-order valence-corrected chi connectivity index (χ4v) is 0.601. The van der Waals surface area contributed by atoms with E-state index in [0.717, 1.165) is 0 Å². The number of carbonyl (C=O) groups is 2. The highest BCUT2D eigenvalue weighted by Crippen LogP contribution is 1.79. The molecule has 0 radical (unpaired) electrons. The van der Waals surface area contributed by atoms with E-state index in [-0.39, 0.29) is 13.2 Å². The highest BCUT2D eigenvalue weighted by Gasteiger charge is 1.89. The summed E-state index contributed by atoms with van der Waals surface area (Å²) in [5.41, 5.74) is 0. The first-order valence-electron chi connectivity index (χ1n) is 4.02. The molecule has 13 heavy (non-hydrogen) atoms. The fourth-order valence-electron chi connectivity index (χ4n) is 0.601. The lowest BCUT2D eigenvalue weighted by Crippen LogP contribution is -2.10. The van der Waals surface area contributed by atoms with Gasteiger partial charge in [-0.3, -0.25) is 0 Å². The second-order valence-corrected chi connectivity index (χ2v) is 2.10. The smallest absolute Gasteiger partial charge is 0.145 e. The summed E-state index contributed by atoms with van der Waals surface area (Å²) in [6.07, 6.45) is 1.38. The Morgan fingerprint density at radius 2 is 1.08 bits per heavy atom. The number of hydrogen-bond donors (Lipinski definition) is 0. The predicted octanol–water partition coefficient (Wildman–Crippen LogP) is -0.566. The minimum absolute atomic E-state index is 0.102. The minimum Gasteiger partial charge on any atom is -0.377 e. The Morgan fingerprint density at radius 3 is 1.46 bits per heavy atom. The van der Waals surface area contributed by atoms with E-state index in [1.165, 1.54) is 0 Å². The van der Waals surface area contributed by atoms with Crippen molar-refractivity contribution >= 4 is 12.6 Å². The summed E-state index contributed by atoms with van der Waals surface area (Å²) in [7, 11) is 0.